The van der Waals surface area contributed by atoms with E-state index in [0.717, 1.165) is 10.2 Å². The Hall–Kier alpha value is -1.91. The molecule has 4 N–H and O–H groups in total. The first-order valence-corrected chi connectivity index (χ1v) is 6.46. The van der Waals surface area contributed by atoms with E-state index in [4.69, 9.17) is 11.5 Å². The van der Waals surface area contributed by atoms with Gasteiger partial charge in [0.25, 0.3) is 0 Å². The Labute approximate surface area is 110 Å². The molecule has 0 spiro atoms. The van der Waals surface area contributed by atoms with E-state index in [2.05, 4.69) is 4.98 Å². The third-order valence-electron chi connectivity index (χ3n) is 2.39. The second-order valence-electron chi connectivity index (χ2n) is 3.71. The molecule has 4 heteroatoms. The number of fused-ring (bicyclic) bond motifs is 1. The molecule has 0 saturated heterocycles. The molecule has 3 aromatic rings. The highest BCUT2D eigenvalue weighted by Crippen LogP contribution is 2.22. The van der Waals surface area contributed by atoms with E-state index >= 15 is 0 Å². The van der Waals surface area contributed by atoms with Crippen molar-refractivity contribution in [2.24, 2.45) is 5.73 Å². The summed E-state index contributed by atoms with van der Waals surface area (Å²) in [6, 6.07) is 17.9. The summed E-state index contributed by atoms with van der Waals surface area (Å²) in [5, 5.41) is 0.640. The minimum Gasteiger partial charge on any atom is -0.375 e. The first-order chi connectivity index (χ1) is 8.79. The van der Waals surface area contributed by atoms with Crippen molar-refractivity contribution in [3.63, 3.8) is 0 Å². The van der Waals surface area contributed by atoms with E-state index in [1.54, 1.807) is 0 Å². The summed E-state index contributed by atoms with van der Waals surface area (Å²) in [7, 11) is 0. The van der Waals surface area contributed by atoms with Crippen LogP contribution < -0.4 is 11.5 Å². The number of nitrogens with two attached hydrogens (primary N) is 2. The maximum absolute atomic E-state index is 5.50. The molecule has 3 nitrogen and oxygen atoms in total. The molecule has 2 aromatic carbocycles. The van der Waals surface area contributed by atoms with Crippen molar-refractivity contribution in [2.45, 2.75) is 6.54 Å². The van der Waals surface area contributed by atoms with Gasteiger partial charge >= 0.3 is 0 Å². The summed E-state index contributed by atoms with van der Waals surface area (Å²) < 4.78 is 1.15. The van der Waals surface area contributed by atoms with Crippen LogP contribution in [0.25, 0.3) is 10.2 Å². The van der Waals surface area contributed by atoms with Gasteiger partial charge in [0.05, 0.1) is 10.2 Å². The lowest BCUT2D eigenvalue weighted by Crippen LogP contribution is -1.94. The predicted molar refractivity (Wildman–Crippen MR) is 78.4 cm³/mol. The molecule has 0 aliphatic carbocycles. The van der Waals surface area contributed by atoms with E-state index in [9.17, 15) is 0 Å². The number of hydrogen-bond acceptors (Lipinski definition) is 4. The van der Waals surface area contributed by atoms with Gasteiger partial charge in [0.15, 0.2) is 5.13 Å². The lowest BCUT2D eigenvalue weighted by Gasteiger charge is -1.90. The topological polar surface area (TPSA) is 64.9 Å². The van der Waals surface area contributed by atoms with Gasteiger partial charge in [0.2, 0.25) is 0 Å². The van der Waals surface area contributed by atoms with E-state index in [1.165, 1.54) is 16.9 Å². The van der Waals surface area contributed by atoms with Crippen LogP contribution in [-0.2, 0) is 6.54 Å². The summed E-state index contributed by atoms with van der Waals surface area (Å²) in [5.41, 5.74) is 13.0. The second kappa shape index (κ2) is 6.14. The highest BCUT2D eigenvalue weighted by molar-refractivity contribution is 7.22. The zero-order chi connectivity index (χ0) is 12.8. The van der Waals surface area contributed by atoms with Crippen LogP contribution in [0, 0.1) is 0 Å². The molecular weight excluding hydrogens is 242 g/mol. The lowest BCUT2D eigenvalue weighted by molar-refractivity contribution is 1.07. The summed E-state index contributed by atoms with van der Waals surface area (Å²) in [6.07, 6.45) is 0. The lowest BCUT2D eigenvalue weighted by atomic mass is 10.2. The maximum atomic E-state index is 5.50. The maximum Gasteiger partial charge on any atom is 0.181 e. The van der Waals surface area contributed by atoms with Crippen molar-refractivity contribution in [1.82, 2.24) is 4.98 Å². The van der Waals surface area contributed by atoms with E-state index < -0.39 is 0 Å². The molecule has 0 radical (unpaired) electrons. The molecule has 1 heterocycles. The van der Waals surface area contributed by atoms with Crippen molar-refractivity contribution in [3.05, 3.63) is 60.2 Å². The van der Waals surface area contributed by atoms with Crippen LogP contribution in [0.1, 0.15) is 5.56 Å². The van der Waals surface area contributed by atoms with Gasteiger partial charge in [-0.1, -0.05) is 53.8 Å². The number of benzene rings is 2. The number of nitrogen functional groups attached to an aromatic ring is 1. The number of nitrogens with zero attached hydrogens (tertiary/aromatic N) is 1. The second-order valence-corrected chi connectivity index (χ2v) is 4.77. The fraction of sp³-hybridized carbons (Fsp3) is 0.0714. The Kier molecular flexibility index (Phi) is 4.28. The summed E-state index contributed by atoms with van der Waals surface area (Å²) in [4.78, 5) is 4.11. The van der Waals surface area contributed by atoms with Crippen LogP contribution in [0.4, 0.5) is 5.13 Å². The van der Waals surface area contributed by atoms with Gasteiger partial charge in [-0.05, 0) is 17.7 Å². The van der Waals surface area contributed by atoms with Crippen molar-refractivity contribution < 1.29 is 0 Å². The Bertz CT molecular complexity index is 572. The Morgan fingerprint density at radius 3 is 2.22 bits per heavy atom. The average molecular weight is 257 g/mol. The largest absolute Gasteiger partial charge is 0.375 e. The molecule has 0 atom stereocenters. The minimum absolute atomic E-state index is 0.640. The van der Waals surface area contributed by atoms with Crippen LogP contribution in [0.5, 0.6) is 0 Å². The summed E-state index contributed by atoms with van der Waals surface area (Å²) in [6.45, 7) is 0.640. The molecular formula is C14H15N3S. The van der Waals surface area contributed by atoms with Gasteiger partial charge in [-0.2, -0.15) is 0 Å². The van der Waals surface area contributed by atoms with Gasteiger partial charge in [0.1, 0.15) is 0 Å². The van der Waals surface area contributed by atoms with E-state index in [0.29, 0.717) is 11.7 Å². The molecule has 1 aromatic heterocycles. The zero-order valence-corrected chi connectivity index (χ0v) is 10.7. The normalized spacial score (nSPS) is 9.83. The zero-order valence-electron chi connectivity index (χ0n) is 9.91. The molecule has 18 heavy (non-hydrogen) atoms. The van der Waals surface area contributed by atoms with Crippen molar-refractivity contribution in [2.75, 3.05) is 5.73 Å². The molecule has 0 amide bonds. The molecule has 0 saturated carbocycles. The van der Waals surface area contributed by atoms with Crippen LogP contribution in [0.3, 0.4) is 0 Å². The Morgan fingerprint density at radius 1 is 0.944 bits per heavy atom. The van der Waals surface area contributed by atoms with Crippen molar-refractivity contribution in [3.8, 4) is 0 Å². The minimum atomic E-state index is 0.640. The monoisotopic (exact) mass is 257 g/mol. The van der Waals surface area contributed by atoms with Crippen LogP contribution in [0.2, 0.25) is 0 Å². The molecule has 0 aliphatic heterocycles. The molecule has 0 fully saturated rings. The fourth-order valence-electron chi connectivity index (χ4n) is 1.50. The first-order valence-electron chi connectivity index (χ1n) is 5.64. The highest BCUT2D eigenvalue weighted by Gasteiger charge is 1.96. The van der Waals surface area contributed by atoms with Crippen molar-refractivity contribution >= 4 is 26.7 Å². The Morgan fingerprint density at radius 2 is 1.61 bits per heavy atom. The quantitative estimate of drug-likeness (QED) is 0.704. The van der Waals surface area contributed by atoms with E-state index in [-0.39, 0.29) is 0 Å². The van der Waals surface area contributed by atoms with Gasteiger partial charge in [0, 0.05) is 6.54 Å². The van der Waals surface area contributed by atoms with Gasteiger partial charge in [-0.3, -0.25) is 0 Å². The number of hydrogen-bond donors (Lipinski definition) is 2. The highest BCUT2D eigenvalue weighted by atomic mass is 32.1. The third-order valence-corrected chi connectivity index (χ3v) is 3.25. The van der Waals surface area contributed by atoms with Gasteiger partial charge < -0.3 is 11.5 Å². The van der Waals surface area contributed by atoms with Crippen molar-refractivity contribution in [1.29, 1.82) is 0 Å². The number of para-hydroxylation sites is 1. The van der Waals surface area contributed by atoms with Gasteiger partial charge in [-0.15, -0.1) is 0 Å². The molecule has 0 aliphatic rings. The first kappa shape index (κ1) is 12.5. The average Bonchev–Trinajstić information content (AvgIpc) is 2.80. The Balaban J connectivity index is 0.000000138. The van der Waals surface area contributed by atoms with Gasteiger partial charge in [-0.25, -0.2) is 4.98 Å². The predicted octanol–water partition coefficient (Wildman–Crippen LogP) is 3.02. The molecule has 92 valence electrons. The third kappa shape index (κ3) is 3.29. The standard InChI is InChI=1S/C7H6N2S.C7H9N/c8-7-9-5-3-1-2-4-6(5)10-7;8-6-7-4-2-1-3-5-7/h1-4H,(H2,8,9);1-5H,6,8H2. The SMILES string of the molecule is NCc1ccccc1.Nc1nc2ccccc2s1. The number of aromatic nitrogens is 1. The molecule has 3 rings (SSSR count). The summed E-state index contributed by atoms with van der Waals surface area (Å²) >= 11 is 1.52. The van der Waals surface area contributed by atoms with Crippen LogP contribution in [0.15, 0.2) is 54.6 Å². The van der Waals surface area contributed by atoms with E-state index in [1.807, 2.05) is 54.6 Å². The molecule has 0 bridgehead atoms. The summed E-state index contributed by atoms with van der Waals surface area (Å²) in [5.74, 6) is 0. The van der Waals surface area contributed by atoms with Crippen LogP contribution in [-0.4, -0.2) is 4.98 Å². The number of rotatable bonds is 1. The molecule has 0 unspecified atom stereocenters. The van der Waals surface area contributed by atoms with Crippen LogP contribution >= 0.6 is 11.3 Å². The number of anilines is 1. The fourth-order valence-corrected chi connectivity index (χ4v) is 2.24. The smallest absolute Gasteiger partial charge is 0.181 e. The number of thiazole rings is 1.